The Morgan fingerprint density at radius 2 is 0.875 bits per heavy atom. The van der Waals surface area contributed by atoms with E-state index in [1.807, 2.05) is 16.0 Å². The van der Waals surface area contributed by atoms with E-state index in [4.69, 9.17) is 0 Å². The minimum absolute atomic E-state index is 0.598. The normalized spacial score (nSPS) is 18.1. The van der Waals surface area contributed by atoms with E-state index in [0.717, 1.165) is 0 Å². The largest absolute Gasteiger partial charge is 0.0622 e. The summed E-state index contributed by atoms with van der Waals surface area (Å²) in [6, 6.07) is 44.7. The molecule has 0 heterocycles. The van der Waals surface area contributed by atoms with Crippen LogP contribution in [0.4, 0.5) is 0 Å². The Hall–Kier alpha value is -2.75. The standard InChI is InChI=1S/C12H24N.C12H11Si.C12H10.C9H13.Ti/c13-12-10-8-6-4-2-1-3-5-7-9-11-12;1-3-7-11(8-4-1)13-12-9-5-2-6-10-12;1-3-7-11(8-4-1)12-9-5-2-6-10-12;1-6-5-7(2)9(4)8(6)3;/h12-13H,1-11H2;1-10,13H;1-10H;6H,1-4H3;/q-1;;;;+1. The van der Waals surface area contributed by atoms with Gasteiger partial charge in [0.2, 0.25) is 0 Å². The average Bonchev–Trinajstić information content (AvgIpc) is 3.32. The van der Waals surface area contributed by atoms with E-state index >= 15 is 0 Å². The van der Waals surface area contributed by atoms with Crippen LogP contribution in [0.2, 0.25) is 0 Å². The van der Waals surface area contributed by atoms with E-state index < -0.39 is 24.0 Å². The molecule has 0 aromatic heterocycles. The summed E-state index contributed by atoms with van der Waals surface area (Å²) in [5.74, 6) is 0.598. The molecule has 1 unspecified atom stereocenters. The van der Waals surface area contributed by atoms with Crippen molar-refractivity contribution in [1.82, 2.24) is 3.80 Å². The van der Waals surface area contributed by atoms with Gasteiger partial charge < -0.3 is 0 Å². The van der Waals surface area contributed by atoms with Crippen LogP contribution in [0.25, 0.3) is 11.1 Å². The first-order chi connectivity index (χ1) is 23.5. The molecule has 1 N–H and O–H groups in total. The van der Waals surface area contributed by atoms with E-state index in [0.29, 0.717) is 12.0 Å². The molecule has 4 aromatic carbocycles. The zero-order valence-electron chi connectivity index (χ0n) is 30.1. The van der Waals surface area contributed by atoms with E-state index in [9.17, 15) is 0 Å². The van der Waals surface area contributed by atoms with E-state index in [-0.39, 0.29) is 0 Å². The molecular weight excluding hydrogens is 630 g/mol. The molecule has 0 amide bonds. The van der Waals surface area contributed by atoms with Gasteiger partial charge in [-0.15, -0.1) is 0 Å². The third-order valence-corrected chi connectivity index (χ3v) is 24.6. The summed E-state index contributed by atoms with van der Waals surface area (Å²) >= 11 is -1.86. The predicted octanol–water partition coefficient (Wildman–Crippen LogP) is 10.9. The van der Waals surface area contributed by atoms with Crippen molar-refractivity contribution in [1.29, 1.82) is 0 Å². The number of nitrogens with one attached hydrogen (secondary N) is 1. The fourth-order valence-corrected chi connectivity index (χ4v) is 23.9. The Balaban J connectivity index is 0.000000313. The maximum absolute atomic E-state index is 4.59. The summed E-state index contributed by atoms with van der Waals surface area (Å²) in [6.07, 6.45) is 15.6. The van der Waals surface area contributed by atoms with Crippen LogP contribution in [0.5, 0.6) is 0 Å². The number of hydrogen-bond acceptors (Lipinski definition) is 1. The van der Waals surface area contributed by atoms with Crippen LogP contribution in [0.15, 0.2) is 142 Å². The summed E-state index contributed by atoms with van der Waals surface area (Å²) in [5.41, 5.74) is 7.36. The minimum atomic E-state index is -1.86. The first kappa shape index (κ1) is 36.5. The van der Waals surface area contributed by atoms with Gasteiger partial charge in [-0.1, -0.05) is 60.7 Å². The molecule has 3 heteroatoms. The number of hydrogen-bond donors (Lipinski definition) is 1. The summed E-state index contributed by atoms with van der Waals surface area (Å²) in [6.45, 7) is 8.30. The molecule has 1 fully saturated rings. The van der Waals surface area contributed by atoms with Gasteiger partial charge in [-0.2, -0.15) is 0 Å². The number of rotatable bonds is 7. The molecule has 4 aromatic rings. The second-order valence-corrected chi connectivity index (χ2v) is 23.9. The van der Waals surface area contributed by atoms with Gasteiger partial charge >= 0.3 is 230 Å². The summed E-state index contributed by atoms with van der Waals surface area (Å²) in [4.78, 5) is 0. The third kappa shape index (κ3) is 10.1. The fourth-order valence-electron chi connectivity index (χ4n) is 7.72. The zero-order valence-corrected chi connectivity index (χ0v) is 32.8. The Bertz CT molecular complexity index is 1480. The molecule has 2 aliphatic rings. The number of allylic oxidation sites excluding steroid dienone is 4. The molecule has 2 aliphatic carbocycles. The van der Waals surface area contributed by atoms with Gasteiger partial charge in [0.05, 0.1) is 0 Å². The van der Waals surface area contributed by atoms with Crippen molar-refractivity contribution >= 4 is 17.0 Å². The van der Waals surface area contributed by atoms with Gasteiger partial charge in [0.15, 0.2) is 0 Å². The SMILES string of the molecule is CC1=C(C)C(C)[C]([Ti]([NH]C2CCCCCCCCCCC2)[SiH](c2ccccc2)c2ccccc2)=C1C.c1ccc(-c2ccccc2)cc1. The second-order valence-electron chi connectivity index (χ2n) is 14.1. The monoisotopic (exact) mass is 688 g/mol. The van der Waals surface area contributed by atoms with Crippen molar-refractivity contribution in [2.24, 2.45) is 5.92 Å². The summed E-state index contributed by atoms with van der Waals surface area (Å²) in [7, 11) is 0. The number of benzene rings is 4. The second kappa shape index (κ2) is 19.4. The van der Waals surface area contributed by atoms with Gasteiger partial charge in [0, 0.05) is 0 Å². The first-order valence-electron chi connectivity index (χ1n) is 18.8. The van der Waals surface area contributed by atoms with Crippen molar-refractivity contribution in [3.8, 4) is 11.1 Å². The molecule has 0 aliphatic heterocycles. The van der Waals surface area contributed by atoms with Crippen LogP contribution >= 0.6 is 0 Å². The van der Waals surface area contributed by atoms with Gasteiger partial charge in [-0.25, -0.2) is 0 Å². The van der Waals surface area contributed by atoms with Crippen LogP contribution in [0.1, 0.15) is 98.3 Å². The molecule has 1 saturated carbocycles. The van der Waals surface area contributed by atoms with Crippen LogP contribution in [-0.2, 0) is 17.4 Å². The third-order valence-electron chi connectivity index (χ3n) is 10.8. The Morgan fingerprint density at radius 3 is 1.25 bits per heavy atom. The van der Waals surface area contributed by atoms with Crippen molar-refractivity contribution in [2.75, 3.05) is 0 Å². The molecule has 251 valence electrons. The maximum Gasteiger partial charge on any atom is -0.0184 e. The van der Waals surface area contributed by atoms with Crippen molar-refractivity contribution in [2.45, 2.75) is 104 Å². The van der Waals surface area contributed by atoms with Gasteiger partial charge in [-0.3, -0.25) is 0 Å². The predicted molar refractivity (Wildman–Crippen MR) is 209 cm³/mol. The average molecular weight is 689 g/mol. The van der Waals surface area contributed by atoms with Crippen LogP contribution in [0.3, 0.4) is 0 Å². The van der Waals surface area contributed by atoms with Crippen molar-refractivity contribution < 1.29 is 17.4 Å². The van der Waals surface area contributed by atoms with E-state index in [1.165, 1.54) is 81.8 Å². The Morgan fingerprint density at radius 1 is 0.500 bits per heavy atom. The van der Waals surface area contributed by atoms with Gasteiger partial charge in [-0.05, 0) is 11.1 Å². The van der Waals surface area contributed by atoms with Crippen molar-refractivity contribution in [3.63, 3.8) is 0 Å². The zero-order chi connectivity index (χ0) is 33.6. The summed E-state index contributed by atoms with van der Waals surface area (Å²) < 4.78 is 6.44. The topological polar surface area (TPSA) is 12.0 Å². The van der Waals surface area contributed by atoms with Crippen LogP contribution in [0, 0.1) is 5.92 Å². The molecule has 0 saturated heterocycles. The molecular formula is C45H58NSiTi. The molecule has 1 atom stereocenters. The molecule has 48 heavy (non-hydrogen) atoms. The quantitative estimate of drug-likeness (QED) is 0.191. The fraction of sp³-hybridized carbons (Fsp3) is 0.378. The Labute approximate surface area is 299 Å². The van der Waals surface area contributed by atoms with Gasteiger partial charge in [0.25, 0.3) is 0 Å². The van der Waals surface area contributed by atoms with E-state index in [1.54, 1.807) is 27.1 Å². The molecule has 0 radical (unpaired) electrons. The molecule has 0 spiro atoms. The van der Waals surface area contributed by atoms with Crippen LogP contribution in [-0.4, -0.2) is 12.7 Å². The molecule has 6 rings (SSSR count). The Kier molecular flexibility index (Phi) is 14.8. The maximum atomic E-state index is 4.59. The molecule has 1 nitrogen and oxygen atoms in total. The van der Waals surface area contributed by atoms with Crippen molar-refractivity contribution in [3.05, 3.63) is 142 Å². The van der Waals surface area contributed by atoms with E-state index in [2.05, 4.69) is 141 Å². The molecule has 0 bridgehead atoms. The van der Waals surface area contributed by atoms with Gasteiger partial charge in [0.1, 0.15) is 0 Å². The van der Waals surface area contributed by atoms with Crippen LogP contribution < -0.4 is 14.2 Å². The first-order valence-corrected chi connectivity index (χ1v) is 24.8. The smallest absolute Gasteiger partial charge is 0.0184 e. The minimum Gasteiger partial charge on any atom is -0.0622 e. The summed E-state index contributed by atoms with van der Waals surface area (Å²) in [5, 5.41) is 3.27.